The second-order valence-corrected chi connectivity index (χ2v) is 6.17. The van der Waals surface area contributed by atoms with Crippen molar-refractivity contribution in [3.05, 3.63) is 0 Å². The Morgan fingerprint density at radius 2 is 1.50 bits per heavy atom. The number of unbranched alkanes of at least 4 members (excludes halogenated alkanes) is 1. The summed E-state index contributed by atoms with van der Waals surface area (Å²) in [6, 6.07) is 0. The topological polar surface area (TPSA) is 117 Å². The number of ether oxygens (including phenoxy) is 2. The van der Waals surface area contributed by atoms with Crippen LogP contribution in [0.3, 0.4) is 0 Å². The summed E-state index contributed by atoms with van der Waals surface area (Å²) >= 11 is -0.532. The van der Waals surface area contributed by atoms with Gasteiger partial charge in [0.2, 0.25) is 0 Å². The van der Waals surface area contributed by atoms with E-state index >= 15 is 0 Å². The monoisotopic (exact) mass is 376 g/mol. The van der Waals surface area contributed by atoms with E-state index in [0.29, 0.717) is 0 Å². The summed E-state index contributed by atoms with van der Waals surface area (Å²) in [4.78, 5) is 0. The fourth-order valence-corrected chi connectivity index (χ4v) is 1.44. The van der Waals surface area contributed by atoms with Crippen LogP contribution in [-0.4, -0.2) is 49.9 Å². The van der Waals surface area contributed by atoms with Gasteiger partial charge in [0.1, 0.15) is 25.3 Å². The van der Waals surface area contributed by atoms with Crippen LogP contribution in [0.25, 0.3) is 0 Å². The predicted octanol–water partition coefficient (Wildman–Crippen LogP) is 0.402. The summed E-state index contributed by atoms with van der Waals surface area (Å²) in [6.45, 7) is -3.14. The molecule has 0 amide bonds. The fourth-order valence-electron chi connectivity index (χ4n) is 0.950. The standard InChI is InChI=1S/C8H14F4O8S2/c9-7(10,21-20-19-13)5-17-3-1-2-4-18-6-8(11,12)22(14,15)16/h13H,1-6H2,(H,14,15,16)/p-2. The highest BCUT2D eigenvalue weighted by Gasteiger charge is 2.37. The van der Waals surface area contributed by atoms with E-state index in [9.17, 15) is 35.8 Å². The first-order valence-electron chi connectivity index (χ1n) is 5.53. The van der Waals surface area contributed by atoms with Crippen molar-refractivity contribution in [3.8, 4) is 0 Å². The van der Waals surface area contributed by atoms with E-state index in [0.717, 1.165) is 0 Å². The van der Waals surface area contributed by atoms with Gasteiger partial charge < -0.3 is 19.3 Å². The number of alkyl halides is 4. The number of halogens is 4. The van der Waals surface area contributed by atoms with Crippen LogP contribution in [0.4, 0.5) is 17.6 Å². The minimum atomic E-state index is -5.79. The molecule has 14 heteroatoms. The Morgan fingerprint density at radius 1 is 1.00 bits per heavy atom. The maximum Gasteiger partial charge on any atom is 0.357 e. The van der Waals surface area contributed by atoms with Gasteiger partial charge in [-0.3, -0.25) is 5.04 Å². The first-order valence-corrected chi connectivity index (χ1v) is 7.68. The zero-order valence-corrected chi connectivity index (χ0v) is 12.5. The molecular weight excluding hydrogens is 364 g/mol. The summed E-state index contributed by atoms with van der Waals surface area (Å²) in [5.74, 6) is 0. The molecule has 0 aromatic rings. The normalized spacial score (nSPS) is 13.5. The number of hydrogen-bond donors (Lipinski definition) is 0. The minimum absolute atomic E-state index is 0.105. The Bertz CT molecular complexity index is 405. The van der Waals surface area contributed by atoms with Gasteiger partial charge in [0.15, 0.2) is 10.1 Å². The number of hydrogen-bond acceptors (Lipinski definition) is 9. The molecule has 0 aliphatic heterocycles. The Labute approximate surface area is 127 Å². The summed E-state index contributed by atoms with van der Waals surface area (Å²) in [7, 11) is -5.79. The first kappa shape index (κ1) is 21.8. The Hall–Kier alpha value is -0.220. The van der Waals surface area contributed by atoms with E-state index in [2.05, 4.69) is 18.8 Å². The molecule has 0 bridgehead atoms. The van der Waals surface area contributed by atoms with E-state index in [1.165, 1.54) is 0 Å². The van der Waals surface area contributed by atoms with Crippen molar-refractivity contribution in [1.82, 2.24) is 0 Å². The van der Waals surface area contributed by atoms with Crippen molar-refractivity contribution in [2.75, 3.05) is 26.4 Å². The highest BCUT2D eigenvalue weighted by molar-refractivity contribution is 7.95. The van der Waals surface area contributed by atoms with Crippen molar-refractivity contribution in [3.63, 3.8) is 0 Å². The molecule has 0 saturated heterocycles. The predicted molar refractivity (Wildman–Crippen MR) is 60.2 cm³/mol. The Morgan fingerprint density at radius 3 is 1.95 bits per heavy atom. The summed E-state index contributed by atoms with van der Waals surface area (Å²) < 4.78 is 93.4. The van der Waals surface area contributed by atoms with Gasteiger partial charge in [0.05, 0.1) is 0 Å². The molecule has 0 N–H and O–H groups in total. The molecule has 0 spiro atoms. The smallest absolute Gasteiger partial charge is 0.357 e. The third kappa shape index (κ3) is 9.73. The van der Waals surface area contributed by atoms with Gasteiger partial charge in [0.25, 0.3) is 0 Å². The molecule has 0 saturated carbocycles. The molecule has 134 valence electrons. The van der Waals surface area contributed by atoms with Crippen LogP contribution in [0.5, 0.6) is 0 Å². The third-order valence-electron chi connectivity index (χ3n) is 1.92. The molecule has 0 heterocycles. The largest absolute Gasteiger partial charge is 0.743 e. The molecule has 0 fully saturated rings. The third-order valence-corrected chi connectivity index (χ3v) is 3.25. The second-order valence-electron chi connectivity index (χ2n) is 3.76. The highest BCUT2D eigenvalue weighted by Crippen LogP contribution is 2.29. The van der Waals surface area contributed by atoms with E-state index < -0.39 is 45.9 Å². The van der Waals surface area contributed by atoms with Crippen molar-refractivity contribution in [1.29, 1.82) is 0 Å². The second kappa shape index (κ2) is 9.82. The lowest BCUT2D eigenvalue weighted by atomic mass is 10.3. The lowest BCUT2D eigenvalue weighted by Gasteiger charge is -2.19. The van der Waals surface area contributed by atoms with Crippen LogP contribution >= 0.6 is 12.0 Å². The van der Waals surface area contributed by atoms with Gasteiger partial charge in [-0.05, 0) is 12.8 Å². The van der Waals surface area contributed by atoms with Crippen molar-refractivity contribution in [2.24, 2.45) is 0 Å². The molecule has 0 unspecified atom stereocenters. The molecule has 0 atom stereocenters. The van der Waals surface area contributed by atoms with Crippen LogP contribution in [0.2, 0.25) is 0 Å². The zero-order valence-electron chi connectivity index (χ0n) is 10.8. The van der Waals surface area contributed by atoms with E-state index in [1.54, 1.807) is 0 Å². The van der Waals surface area contributed by atoms with Gasteiger partial charge >= 0.3 is 10.5 Å². The van der Waals surface area contributed by atoms with Gasteiger partial charge in [0, 0.05) is 13.2 Å². The summed E-state index contributed by atoms with van der Waals surface area (Å²) in [5, 5.41) is 4.05. The molecule has 8 nitrogen and oxygen atoms in total. The molecule has 22 heavy (non-hydrogen) atoms. The van der Waals surface area contributed by atoms with Gasteiger partial charge in [-0.1, -0.05) is 0 Å². The maximum atomic E-state index is 12.8. The van der Waals surface area contributed by atoms with Gasteiger partial charge in [-0.15, -0.1) is 0 Å². The fraction of sp³-hybridized carbons (Fsp3) is 1.00. The average Bonchev–Trinajstić information content (AvgIpc) is 2.38. The van der Waals surface area contributed by atoms with Crippen LogP contribution in [-0.2, 0) is 29.0 Å². The molecule has 0 aromatic heterocycles. The van der Waals surface area contributed by atoms with E-state index in [4.69, 9.17) is 0 Å². The highest BCUT2D eigenvalue weighted by atomic mass is 32.2. The van der Waals surface area contributed by atoms with Crippen LogP contribution in [0, 0.1) is 0 Å². The maximum absolute atomic E-state index is 12.8. The zero-order chi connectivity index (χ0) is 17.3. The molecule has 0 aliphatic rings. The Kier molecular flexibility index (Phi) is 9.72. The minimum Gasteiger partial charge on any atom is -0.743 e. The van der Waals surface area contributed by atoms with Gasteiger partial charge in [-0.25, -0.2) is 8.42 Å². The quantitative estimate of drug-likeness (QED) is 0.112. The SMILES string of the molecule is O=S(=O)([O-])C(F)(F)COCCCCOCC(F)(F)SOO[O-]. The molecular formula is C8H12F4O8S2-2. The van der Waals surface area contributed by atoms with Crippen molar-refractivity contribution in [2.45, 2.75) is 23.4 Å². The molecule has 0 radical (unpaired) electrons. The average molecular weight is 376 g/mol. The number of rotatable bonds is 13. The molecule has 0 aliphatic carbocycles. The van der Waals surface area contributed by atoms with E-state index in [1.807, 2.05) is 0 Å². The molecule has 0 aromatic carbocycles. The van der Waals surface area contributed by atoms with Gasteiger partial charge in [-0.2, -0.15) is 21.9 Å². The first-order chi connectivity index (χ1) is 10.0. The molecule has 0 rings (SSSR count). The van der Waals surface area contributed by atoms with Crippen LogP contribution in [0.1, 0.15) is 12.8 Å². The lowest BCUT2D eigenvalue weighted by Crippen LogP contribution is -2.33. The Balaban J connectivity index is 3.63. The summed E-state index contributed by atoms with van der Waals surface area (Å²) in [5.41, 5.74) is 0. The van der Waals surface area contributed by atoms with Crippen molar-refractivity contribution < 1.29 is 54.6 Å². The van der Waals surface area contributed by atoms with Crippen LogP contribution < -0.4 is 5.26 Å². The lowest BCUT2D eigenvalue weighted by molar-refractivity contribution is -0.777. The van der Waals surface area contributed by atoms with E-state index in [-0.39, 0.29) is 26.1 Å². The van der Waals surface area contributed by atoms with Crippen LogP contribution in [0.15, 0.2) is 0 Å². The summed E-state index contributed by atoms with van der Waals surface area (Å²) in [6.07, 6.45) is 0.253. The van der Waals surface area contributed by atoms with Crippen molar-refractivity contribution >= 4 is 22.2 Å².